The van der Waals surface area contributed by atoms with Crippen LogP contribution in [0, 0.1) is 5.41 Å². The quantitative estimate of drug-likeness (QED) is 0.556. The molecule has 9 heteroatoms. The maximum absolute atomic E-state index is 12.2. The van der Waals surface area contributed by atoms with Crippen molar-refractivity contribution in [3.05, 3.63) is 29.8 Å². The van der Waals surface area contributed by atoms with Gasteiger partial charge in [0.2, 0.25) is 15.9 Å². The van der Waals surface area contributed by atoms with E-state index in [-0.39, 0.29) is 28.6 Å². The highest BCUT2D eigenvalue weighted by Gasteiger charge is 2.32. The van der Waals surface area contributed by atoms with Gasteiger partial charge >= 0.3 is 0 Å². The zero-order valence-electron chi connectivity index (χ0n) is 15.9. The van der Waals surface area contributed by atoms with Crippen LogP contribution in [0.2, 0.25) is 0 Å². The molecule has 3 N–H and O–H groups in total. The molecule has 0 atom stereocenters. The van der Waals surface area contributed by atoms with Gasteiger partial charge in [0, 0.05) is 25.5 Å². The minimum absolute atomic E-state index is 0. The molecule has 1 fully saturated rings. The van der Waals surface area contributed by atoms with Crippen LogP contribution in [0.4, 0.5) is 0 Å². The summed E-state index contributed by atoms with van der Waals surface area (Å²) in [5.74, 6) is 0.00549. The molecule has 0 spiro atoms. The number of ether oxygens (including phenoxy) is 1. The lowest BCUT2D eigenvalue weighted by atomic mass is 9.79. The second kappa shape index (κ2) is 11.0. The van der Waals surface area contributed by atoms with Gasteiger partial charge in [-0.25, -0.2) is 13.1 Å². The van der Waals surface area contributed by atoms with Gasteiger partial charge in [-0.2, -0.15) is 0 Å². The van der Waals surface area contributed by atoms with E-state index in [4.69, 9.17) is 4.74 Å². The summed E-state index contributed by atoms with van der Waals surface area (Å²) < 4.78 is 31.1. The Labute approximate surface area is 168 Å². The van der Waals surface area contributed by atoms with Gasteiger partial charge in [-0.1, -0.05) is 12.1 Å². The first-order valence-corrected chi connectivity index (χ1v) is 10.4. The van der Waals surface area contributed by atoms with Crippen LogP contribution in [-0.2, 0) is 26.0 Å². The number of carbonyl (C=O) groups excluding carboxylic acids is 1. The van der Waals surface area contributed by atoms with E-state index in [2.05, 4.69) is 15.4 Å². The first-order chi connectivity index (χ1) is 12.4. The SMILES string of the molecule is CNS(=O)(=O)c1ccc(CCC(=O)NCC2(COC)CCNCC2)cc1.Cl. The average Bonchev–Trinajstić information content (AvgIpc) is 2.66. The zero-order chi connectivity index (χ0) is 19.0. The van der Waals surface area contributed by atoms with Crippen molar-refractivity contribution in [2.75, 3.05) is 40.4 Å². The van der Waals surface area contributed by atoms with Crippen LogP contribution in [0.15, 0.2) is 29.2 Å². The number of amides is 1. The van der Waals surface area contributed by atoms with E-state index in [0.29, 0.717) is 26.0 Å². The highest BCUT2D eigenvalue weighted by molar-refractivity contribution is 7.89. The van der Waals surface area contributed by atoms with Gasteiger partial charge in [0.05, 0.1) is 11.5 Å². The number of sulfonamides is 1. The number of aryl methyl sites for hydroxylation is 1. The molecule has 1 aromatic rings. The summed E-state index contributed by atoms with van der Waals surface area (Å²) in [5.41, 5.74) is 0.947. The van der Waals surface area contributed by atoms with Crippen molar-refractivity contribution in [3.8, 4) is 0 Å². The molecular formula is C18H30ClN3O4S. The van der Waals surface area contributed by atoms with Gasteiger partial charge in [0.1, 0.15) is 0 Å². The van der Waals surface area contributed by atoms with Crippen molar-refractivity contribution < 1.29 is 17.9 Å². The molecule has 0 bridgehead atoms. The third-order valence-corrected chi connectivity index (χ3v) is 6.35. The average molecular weight is 420 g/mol. The van der Waals surface area contributed by atoms with Crippen molar-refractivity contribution in [2.45, 2.75) is 30.6 Å². The number of hydrogen-bond donors (Lipinski definition) is 3. The van der Waals surface area contributed by atoms with Gasteiger partial charge in [0.15, 0.2) is 0 Å². The second-order valence-electron chi connectivity index (χ2n) is 6.81. The lowest BCUT2D eigenvalue weighted by molar-refractivity contribution is -0.122. The van der Waals surface area contributed by atoms with E-state index < -0.39 is 10.0 Å². The fourth-order valence-corrected chi connectivity index (χ4v) is 3.95. The summed E-state index contributed by atoms with van der Waals surface area (Å²) >= 11 is 0. The van der Waals surface area contributed by atoms with Crippen LogP contribution in [0.1, 0.15) is 24.8 Å². The topological polar surface area (TPSA) is 96.5 Å². The number of carbonyl (C=O) groups is 1. The standard InChI is InChI=1S/C18H29N3O4S.ClH/c1-19-26(23,24)16-6-3-15(4-7-16)5-8-17(22)21-13-18(14-25-2)9-11-20-12-10-18;/h3-4,6-7,19-20H,5,8-14H2,1-2H3,(H,21,22);1H. The summed E-state index contributed by atoms with van der Waals surface area (Å²) in [5, 5.41) is 6.38. The second-order valence-corrected chi connectivity index (χ2v) is 8.70. The van der Waals surface area contributed by atoms with Gasteiger partial charge in [0.25, 0.3) is 0 Å². The number of rotatable bonds is 9. The Morgan fingerprint density at radius 3 is 2.41 bits per heavy atom. The number of nitrogens with one attached hydrogen (secondary N) is 3. The molecule has 1 aliphatic rings. The molecule has 0 saturated carbocycles. The molecule has 154 valence electrons. The summed E-state index contributed by atoms with van der Waals surface area (Å²) in [6, 6.07) is 6.61. The summed E-state index contributed by atoms with van der Waals surface area (Å²) in [7, 11) is -0.347. The lowest BCUT2D eigenvalue weighted by Crippen LogP contribution is -2.47. The van der Waals surface area contributed by atoms with E-state index >= 15 is 0 Å². The monoisotopic (exact) mass is 419 g/mol. The number of hydrogen-bond acceptors (Lipinski definition) is 5. The Morgan fingerprint density at radius 2 is 1.85 bits per heavy atom. The van der Waals surface area contributed by atoms with Gasteiger partial charge in [-0.15, -0.1) is 12.4 Å². The number of methoxy groups -OCH3 is 1. The third kappa shape index (κ3) is 7.04. The molecule has 27 heavy (non-hydrogen) atoms. The van der Waals surface area contributed by atoms with Crippen LogP contribution < -0.4 is 15.4 Å². The molecule has 2 rings (SSSR count). The van der Waals surface area contributed by atoms with Crippen molar-refractivity contribution in [2.24, 2.45) is 5.41 Å². The molecule has 0 aromatic heterocycles. The van der Waals surface area contributed by atoms with Crippen LogP contribution in [0.5, 0.6) is 0 Å². The smallest absolute Gasteiger partial charge is 0.240 e. The Balaban J connectivity index is 0.00000364. The van der Waals surface area contributed by atoms with Crippen molar-refractivity contribution in [1.29, 1.82) is 0 Å². The summed E-state index contributed by atoms with van der Waals surface area (Å²) in [4.78, 5) is 12.4. The molecule has 0 unspecified atom stereocenters. The van der Waals surface area contributed by atoms with Crippen LogP contribution in [0.3, 0.4) is 0 Å². The molecule has 1 amide bonds. The van der Waals surface area contributed by atoms with Crippen molar-refractivity contribution in [3.63, 3.8) is 0 Å². The van der Waals surface area contributed by atoms with Crippen molar-refractivity contribution >= 4 is 28.3 Å². The Kier molecular flexibility index (Phi) is 9.69. The molecular weight excluding hydrogens is 390 g/mol. The van der Waals surface area contributed by atoms with E-state index in [1.54, 1.807) is 31.4 Å². The largest absolute Gasteiger partial charge is 0.384 e. The molecule has 1 saturated heterocycles. The minimum Gasteiger partial charge on any atom is -0.384 e. The fourth-order valence-electron chi connectivity index (χ4n) is 3.22. The van der Waals surface area contributed by atoms with E-state index in [1.807, 2.05) is 0 Å². The molecule has 1 heterocycles. The van der Waals surface area contributed by atoms with Crippen LogP contribution in [-0.4, -0.2) is 54.7 Å². The fraction of sp³-hybridized carbons (Fsp3) is 0.611. The maximum Gasteiger partial charge on any atom is 0.240 e. The number of halogens is 1. The molecule has 1 aromatic carbocycles. The molecule has 0 aliphatic carbocycles. The Hall–Kier alpha value is -1.19. The minimum atomic E-state index is -3.43. The Morgan fingerprint density at radius 1 is 1.22 bits per heavy atom. The first kappa shape index (κ1) is 23.8. The molecule has 7 nitrogen and oxygen atoms in total. The summed E-state index contributed by atoms with van der Waals surface area (Å²) in [6.07, 6.45) is 2.93. The van der Waals surface area contributed by atoms with Gasteiger partial charge in [-0.05, 0) is 57.1 Å². The predicted octanol–water partition coefficient (Wildman–Crippen LogP) is 1.08. The zero-order valence-corrected chi connectivity index (χ0v) is 17.5. The number of benzene rings is 1. The molecule has 0 radical (unpaired) electrons. The normalized spacial score (nSPS) is 16.4. The third-order valence-electron chi connectivity index (χ3n) is 4.92. The van der Waals surface area contributed by atoms with E-state index in [0.717, 1.165) is 31.5 Å². The van der Waals surface area contributed by atoms with Crippen LogP contribution in [0.25, 0.3) is 0 Å². The van der Waals surface area contributed by atoms with Gasteiger partial charge in [-0.3, -0.25) is 4.79 Å². The first-order valence-electron chi connectivity index (χ1n) is 8.90. The van der Waals surface area contributed by atoms with E-state index in [1.165, 1.54) is 7.05 Å². The van der Waals surface area contributed by atoms with E-state index in [9.17, 15) is 13.2 Å². The Bertz CT molecular complexity index is 684. The highest BCUT2D eigenvalue weighted by atomic mass is 35.5. The predicted molar refractivity (Wildman–Crippen MR) is 108 cm³/mol. The lowest BCUT2D eigenvalue weighted by Gasteiger charge is -2.37. The van der Waals surface area contributed by atoms with Crippen molar-refractivity contribution in [1.82, 2.24) is 15.4 Å². The summed E-state index contributed by atoms with van der Waals surface area (Å²) in [6.45, 7) is 3.17. The number of piperidine rings is 1. The maximum atomic E-state index is 12.2. The van der Waals surface area contributed by atoms with Crippen LogP contribution >= 0.6 is 12.4 Å². The highest BCUT2D eigenvalue weighted by Crippen LogP contribution is 2.28. The molecule has 1 aliphatic heterocycles. The van der Waals surface area contributed by atoms with Gasteiger partial charge < -0.3 is 15.4 Å².